The van der Waals surface area contributed by atoms with Gasteiger partial charge in [-0.3, -0.25) is 9.59 Å². The summed E-state index contributed by atoms with van der Waals surface area (Å²) in [5.74, 6) is -0.950. The van der Waals surface area contributed by atoms with E-state index in [9.17, 15) is 9.59 Å². The Morgan fingerprint density at radius 1 is 1.62 bits per heavy atom. The average molecular weight is 226 g/mol. The van der Waals surface area contributed by atoms with Gasteiger partial charge in [0.2, 0.25) is 11.8 Å². The lowest BCUT2D eigenvalue weighted by Gasteiger charge is -2.09. The van der Waals surface area contributed by atoms with Crippen molar-refractivity contribution in [1.29, 1.82) is 0 Å². The molecule has 0 saturated heterocycles. The molecule has 1 aromatic rings. The van der Waals surface area contributed by atoms with Gasteiger partial charge in [0.05, 0.1) is 11.9 Å². The van der Waals surface area contributed by atoms with Crippen molar-refractivity contribution in [3.05, 3.63) is 11.9 Å². The first-order valence-corrected chi connectivity index (χ1v) is 4.70. The van der Waals surface area contributed by atoms with Gasteiger partial charge < -0.3 is 16.8 Å². The number of aromatic nitrogens is 3. The number of nitrogens with two attached hydrogens (primary N) is 2. The summed E-state index contributed by atoms with van der Waals surface area (Å²) in [5, 5.41) is 9.83. The Labute approximate surface area is 92.0 Å². The fourth-order valence-electron chi connectivity index (χ4n) is 1.01. The molecular formula is C8H14N6O2. The topological polar surface area (TPSA) is 129 Å². The minimum atomic E-state index is -0.704. The predicted molar refractivity (Wildman–Crippen MR) is 54.7 cm³/mol. The Bertz CT molecular complexity index is 388. The van der Waals surface area contributed by atoms with Crippen molar-refractivity contribution in [1.82, 2.24) is 20.3 Å². The average Bonchev–Trinajstić information content (AvgIpc) is 2.65. The highest BCUT2D eigenvalue weighted by Gasteiger charge is 2.12. The number of rotatable bonds is 5. The van der Waals surface area contributed by atoms with Crippen LogP contribution in [0.25, 0.3) is 0 Å². The largest absolute Gasteiger partial charge is 0.368 e. The third-order valence-electron chi connectivity index (χ3n) is 1.91. The lowest BCUT2D eigenvalue weighted by molar-refractivity contribution is -0.127. The standard InChI is InChI=1S/C8H14N6O2/c1-5(8(10)16)11-7(15)4-14-3-6(2-9)12-13-14/h3,5H,2,4,9H2,1H3,(H2,10,16)(H,11,15). The summed E-state index contributed by atoms with van der Waals surface area (Å²) in [6.45, 7) is 1.75. The Balaban J connectivity index is 2.48. The summed E-state index contributed by atoms with van der Waals surface area (Å²) in [6.07, 6.45) is 1.56. The minimum absolute atomic E-state index is 0.0232. The van der Waals surface area contributed by atoms with E-state index in [1.165, 1.54) is 11.6 Å². The molecule has 1 aromatic heterocycles. The second-order valence-corrected chi connectivity index (χ2v) is 3.30. The Morgan fingerprint density at radius 3 is 2.81 bits per heavy atom. The summed E-state index contributed by atoms with van der Waals surface area (Å²) in [5.41, 5.74) is 10.9. The van der Waals surface area contributed by atoms with E-state index in [1.54, 1.807) is 6.20 Å². The number of nitrogens with zero attached hydrogens (tertiary/aromatic N) is 3. The zero-order valence-electron chi connectivity index (χ0n) is 8.88. The third-order valence-corrected chi connectivity index (χ3v) is 1.91. The van der Waals surface area contributed by atoms with Crippen molar-refractivity contribution in [2.45, 2.75) is 26.1 Å². The maximum Gasteiger partial charge on any atom is 0.242 e. The number of nitrogens with one attached hydrogen (secondary N) is 1. The molecular weight excluding hydrogens is 212 g/mol. The van der Waals surface area contributed by atoms with Crippen LogP contribution in [0.2, 0.25) is 0 Å². The molecule has 0 bridgehead atoms. The van der Waals surface area contributed by atoms with Gasteiger partial charge in [-0.15, -0.1) is 5.10 Å². The normalized spacial score (nSPS) is 12.1. The molecule has 8 nitrogen and oxygen atoms in total. The van der Waals surface area contributed by atoms with Gasteiger partial charge in [-0.05, 0) is 6.92 Å². The van der Waals surface area contributed by atoms with Crippen LogP contribution in [0.3, 0.4) is 0 Å². The van der Waals surface area contributed by atoms with Gasteiger partial charge in [-0.25, -0.2) is 4.68 Å². The van der Waals surface area contributed by atoms with Crippen LogP contribution in [-0.2, 0) is 22.7 Å². The Morgan fingerprint density at radius 2 is 2.31 bits per heavy atom. The summed E-state index contributed by atoms with van der Waals surface area (Å²) in [4.78, 5) is 22.1. The van der Waals surface area contributed by atoms with E-state index in [0.29, 0.717) is 5.69 Å². The van der Waals surface area contributed by atoms with E-state index in [2.05, 4.69) is 15.6 Å². The van der Waals surface area contributed by atoms with E-state index in [1.807, 2.05) is 0 Å². The van der Waals surface area contributed by atoms with Gasteiger partial charge in [0.1, 0.15) is 12.6 Å². The van der Waals surface area contributed by atoms with Crippen LogP contribution in [0.15, 0.2) is 6.20 Å². The predicted octanol–water partition coefficient (Wildman–Crippen LogP) is -2.27. The fraction of sp³-hybridized carbons (Fsp3) is 0.500. The van der Waals surface area contributed by atoms with E-state index in [4.69, 9.17) is 11.5 Å². The highest BCUT2D eigenvalue weighted by Crippen LogP contribution is 1.91. The Hall–Kier alpha value is -1.96. The van der Waals surface area contributed by atoms with Crippen molar-refractivity contribution >= 4 is 11.8 Å². The van der Waals surface area contributed by atoms with Crippen LogP contribution >= 0.6 is 0 Å². The SMILES string of the molecule is CC(NC(=O)Cn1cc(CN)nn1)C(N)=O. The second-order valence-electron chi connectivity index (χ2n) is 3.30. The molecule has 1 atom stereocenters. The van der Waals surface area contributed by atoms with Gasteiger partial charge in [0, 0.05) is 6.54 Å². The van der Waals surface area contributed by atoms with Crippen molar-refractivity contribution < 1.29 is 9.59 Å². The first-order chi connectivity index (χ1) is 7.52. The molecule has 5 N–H and O–H groups in total. The molecule has 2 amide bonds. The monoisotopic (exact) mass is 226 g/mol. The second kappa shape index (κ2) is 5.21. The molecule has 0 radical (unpaired) electrons. The van der Waals surface area contributed by atoms with Crippen LogP contribution in [0.5, 0.6) is 0 Å². The zero-order chi connectivity index (χ0) is 12.1. The van der Waals surface area contributed by atoms with Gasteiger partial charge in [0.15, 0.2) is 0 Å². The summed E-state index contributed by atoms with van der Waals surface area (Å²) < 4.78 is 1.34. The summed E-state index contributed by atoms with van der Waals surface area (Å²) >= 11 is 0. The fourth-order valence-corrected chi connectivity index (χ4v) is 1.01. The highest BCUT2D eigenvalue weighted by molar-refractivity contribution is 5.85. The molecule has 1 unspecified atom stereocenters. The van der Waals surface area contributed by atoms with Crippen LogP contribution in [0, 0.1) is 0 Å². The summed E-state index contributed by atoms with van der Waals surface area (Å²) in [6, 6.07) is -0.704. The van der Waals surface area contributed by atoms with Crippen molar-refractivity contribution in [3.8, 4) is 0 Å². The molecule has 0 aromatic carbocycles. The number of hydrogen-bond donors (Lipinski definition) is 3. The van der Waals surface area contributed by atoms with Crippen molar-refractivity contribution in [2.75, 3.05) is 0 Å². The molecule has 0 aliphatic carbocycles. The number of carbonyl (C=O) groups is 2. The first kappa shape index (κ1) is 12.1. The third kappa shape index (κ3) is 3.31. The van der Waals surface area contributed by atoms with E-state index in [0.717, 1.165) is 0 Å². The first-order valence-electron chi connectivity index (χ1n) is 4.70. The molecule has 8 heteroatoms. The Kier molecular flexibility index (Phi) is 3.95. The number of carbonyl (C=O) groups excluding carboxylic acids is 2. The van der Waals surface area contributed by atoms with Gasteiger partial charge >= 0.3 is 0 Å². The molecule has 0 aliphatic rings. The molecule has 88 valence electrons. The molecule has 1 heterocycles. The maximum absolute atomic E-state index is 11.4. The molecule has 0 fully saturated rings. The van der Waals surface area contributed by atoms with Gasteiger partial charge in [-0.1, -0.05) is 5.21 Å². The number of amides is 2. The maximum atomic E-state index is 11.4. The van der Waals surface area contributed by atoms with Crippen LogP contribution in [-0.4, -0.2) is 32.9 Å². The summed E-state index contributed by atoms with van der Waals surface area (Å²) in [7, 11) is 0. The zero-order valence-corrected chi connectivity index (χ0v) is 8.88. The minimum Gasteiger partial charge on any atom is -0.368 e. The van der Waals surface area contributed by atoms with E-state index < -0.39 is 11.9 Å². The van der Waals surface area contributed by atoms with Crippen LogP contribution in [0.4, 0.5) is 0 Å². The molecule has 0 aliphatic heterocycles. The number of primary amides is 1. The van der Waals surface area contributed by atoms with Crippen molar-refractivity contribution in [2.24, 2.45) is 11.5 Å². The van der Waals surface area contributed by atoms with Crippen molar-refractivity contribution in [3.63, 3.8) is 0 Å². The van der Waals surface area contributed by atoms with Crippen LogP contribution < -0.4 is 16.8 Å². The van der Waals surface area contributed by atoms with E-state index in [-0.39, 0.29) is 19.0 Å². The van der Waals surface area contributed by atoms with Gasteiger partial charge in [0.25, 0.3) is 0 Å². The molecule has 16 heavy (non-hydrogen) atoms. The molecule has 0 saturated carbocycles. The number of hydrogen-bond acceptors (Lipinski definition) is 5. The highest BCUT2D eigenvalue weighted by atomic mass is 16.2. The lowest BCUT2D eigenvalue weighted by Crippen LogP contribution is -2.43. The lowest BCUT2D eigenvalue weighted by atomic mass is 10.3. The van der Waals surface area contributed by atoms with Crippen LogP contribution in [0.1, 0.15) is 12.6 Å². The molecule has 1 rings (SSSR count). The van der Waals surface area contributed by atoms with Gasteiger partial charge in [-0.2, -0.15) is 0 Å². The molecule has 0 spiro atoms. The van der Waals surface area contributed by atoms with E-state index >= 15 is 0 Å². The quantitative estimate of drug-likeness (QED) is 0.521. The smallest absolute Gasteiger partial charge is 0.242 e.